The molecule has 1 atom stereocenters. The zero-order valence-electron chi connectivity index (χ0n) is 8.67. The van der Waals surface area contributed by atoms with Crippen LogP contribution in [0.25, 0.3) is 0 Å². The van der Waals surface area contributed by atoms with E-state index in [0.29, 0.717) is 11.6 Å². The number of aromatic nitrogens is 1. The Morgan fingerprint density at radius 1 is 1.59 bits per heavy atom. The van der Waals surface area contributed by atoms with Gasteiger partial charge in [0.15, 0.2) is 0 Å². The Morgan fingerprint density at radius 2 is 2.35 bits per heavy atom. The molecule has 0 radical (unpaired) electrons. The summed E-state index contributed by atoms with van der Waals surface area (Å²) < 4.78 is 0. The van der Waals surface area contributed by atoms with E-state index in [0.717, 1.165) is 0 Å². The molecule has 5 nitrogen and oxygen atoms in total. The Bertz CT molecular complexity index is 469. The Labute approximate surface area is 107 Å². The molecular weight excluding hydrogens is 264 g/mol. The Morgan fingerprint density at radius 3 is 3.00 bits per heavy atom. The van der Waals surface area contributed by atoms with Crippen LogP contribution >= 0.6 is 23.4 Å². The molecular formula is C10H9ClN2O3S. The minimum atomic E-state index is -0.992. The van der Waals surface area contributed by atoms with Crippen molar-refractivity contribution in [1.82, 2.24) is 9.88 Å². The van der Waals surface area contributed by atoms with Crippen molar-refractivity contribution in [3.8, 4) is 0 Å². The Kier molecular flexibility index (Phi) is 3.54. The number of rotatable bonds is 2. The van der Waals surface area contributed by atoms with Crippen molar-refractivity contribution in [2.75, 3.05) is 11.6 Å². The van der Waals surface area contributed by atoms with Crippen LogP contribution in [0, 0.1) is 0 Å². The summed E-state index contributed by atoms with van der Waals surface area (Å²) in [5.41, 5.74) is 0.287. The highest BCUT2D eigenvalue weighted by Gasteiger charge is 2.35. The molecule has 0 spiro atoms. The van der Waals surface area contributed by atoms with Crippen LogP contribution < -0.4 is 0 Å². The van der Waals surface area contributed by atoms with Gasteiger partial charge >= 0.3 is 5.97 Å². The number of halogens is 1. The van der Waals surface area contributed by atoms with Crippen molar-refractivity contribution >= 4 is 35.2 Å². The number of nitrogens with zero attached hydrogens (tertiary/aromatic N) is 2. The molecule has 1 aliphatic heterocycles. The number of hydrogen-bond acceptors (Lipinski definition) is 4. The van der Waals surface area contributed by atoms with Gasteiger partial charge in [-0.1, -0.05) is 11.6 Å². The van der Waals surface area contributed by atoms with Gasteiger partial charge in [0.1, 0.15) is 6.04 Å². The fourth-order valence-corrected chi connectivity index (χ4v) is 2.90. The first-order chi connectivity index (χ1) is 8.11. The van der Waals surface area contributed by atoms with Gasteiger partial charge in [-0.3, -0.25) is 9.78 Å². The Balaban J connectivity index is 2.26. The van der Waals surface area contributed by atoms with E-state index in [-0.39, 0.29) is 16.5 Å². The van der Waals surface area contributed by atoms with Crippen molar-refractivity contribution in [2.24, 2.45) is 0 Å². The maximum Gasteiger partial charge on any atom is 0.327 e. The second kappa shape index (κ2) is 4.93. The molecule has 1 unspecified atom stereocenters. The number of hydrogen-bond donors (Lipinski definition) is 1. The van der Waals surface area contributed by atoms with Gasteiger partial charge < -0.3 is 10.0 Å². The van der Waals surface area contributed by atoms with Gasteiger partial charge in [-0.25, -0.2) is 4.79 Å². The molecule has 17 heavy (non-hydrogen) atoms. The van der Waals surface area contributed by atoms with Crippen molar-refractivity contribution in [3.63, 3.8) is 0 Å². The molecule has 7 heteroatoms. The molecule has 0 bridgehead atoms. The summed E-state index contributed by atoms with van der Waals surface area (Å²) in [7, 11) is 0. The first kappa shape index (κ1) is 12.2. The maximum absolute atomic E-state index is 12.1. The fourth-order valence-electron chi connectivity index (χ4n) is 1.55. The number of thioether (sulfide) groups is 1. The standard InChI is InChI=1S/C10H9ClN2O3S/c11-7-3-12-2-1-6(7)9(14)13-5-17-4-8(13)10(15)16/h1-3,8H,4-5H2,(H,15,16). The molecule has 2 rings (SSSR count). The van der Waals surface area contributed by atoms with Crippen molar-refractivity contribution in [2.45, 2.75) is 6.04 Å². The lowest BCUT2D eigenvalue weighted by atomic mass is 10.2. The summed E-state index contributed by atoms with van der Waals surface area (Å²) in [6, 6.07) is 0.712. The predicted octanol–water partition coefficient (Wildman–Crippen LogP) is 1.33. The molecule has 1 amide bonds. The number of carboxylic acid groups (broad SMARTS) is 1. The molecule has 1 aromatic rings. The van der Waals surface area contributed by atoms with Gasteiger partial charge in [0.05, 0.1) is 16.5 Å². The van der Waals surface area contributed by atoms with Crippen LogP contribution in [0.2, 0.25) is 5.02 Å². The lowest BCUT2D eigenvalue weighted by Crippen LogP contribution is -2.41. The van der Waals surface area contributed by atoms with E-state index in [1.807, 2.05) is 0 Å². The molecule has 1 N–H and O–H groups in total. The zero-order chi connectivity index (χ0) is 12.4. The van der Waals surface area contributed by atoms with Crippen molar-refractivity contribution < 1.29 is 14.7 Å². The summed E-state index contributed by atoms with van der Waals surface area (Å²) in [6.07, 6.45) is 2.83. The number of carbonyl (C=O) groups excluding carboxylic acids is 1. The van der Waals surface area contributed by atoms with E-state index in [1.165, 1.54) is 35.1 Å². The summed E-state index contributed by atoms with van der Waals surface area (Å²) in [6.45, 7) is 0. The van der Waals surface area contributed by atoms with E-state index >= 15 is 0 Å². The average molecular weight is 273 g/mol. The number of carboxylic acids is 1. The minimum absolute atomic E-state index is 0.235. The van der Waals surface area contributed by atoms with Crippen LogP contribution in [0.5, 0.6) is 0 Å². The average Bonchev–Trinajstić information content (AvgIpc) is 2.77. The first-order valence-electron chi connectivity index (χ1n) is 4.82. The highest BCUT2D eigenvalue weighted by molar-refractivity contribution is 7.99. The lowest BCUT2D eigenvalue weighted by molar-refractivity contribution is -0.140. The summed E-state index contributed by atoms with van der Waals surface area (Å²) in [5.74, 6) is -0.582. The summed E-state index contributed by atoms with van der Waals surface area (Å²) in [4.78, 5) is 28.2. The summed E-state index contributed by atoms with van der Waals surface area (Å²) in [5, 5.41) is 9.23. The quantitative estimate of drug-likeness (QED) is 0.880. The smallest absolute Gasteiger partial charge is 0.327 e. The van der Waals surface area contributed by atoms with Crippen LogP contribution in [-0.4, -0.2) is 44.5 Å². The van der Waals surface area contributed by atoms with E-state index in [1.54, 1.807) is 0 Å². The lowest BCUT2D eigenvalue weighted by Gasteiger charge is -2.20. The fraction of sp³-hybridized carbons (Fsp3) is 0.300. The van der Waals surface area contributed by atoms with E-state index < -0.39 is 12.0 Å². The molecule has 0 aliphatic carbocycles. The molecule has 2 heterocycles. The van der Waals surface area contributed by atoms with Crippen LogP contribution in [0.3, 0.4) is 0 Å². The van der Waals surface area contributed by atoms with Crippen molar-refractivity contribution in [1.29, 1.82) is 0 Å². The SMILES string of the molecule is O=C(O)C1CSCN1C(=O)c1ccncc1Cl. The second-order valence-corrected chi connectivity index (χ2v) is 4.89. The van der Waals surface area contributed by atoms with Crippen molar-refractivity contribution in [3.05, 3.63) is 29.0 Å². The molecule has 1 saturated heterocycles. The van der Waals surface area contributed by atoms with Gasteiger partial charge in [0.2, 0.25) is 0 Å². The monoisotopic (exact) mass is 272 g/mol. The second-order valence-electron chi connectivity index (χ2n) is 3.48. The number of amides is 1. The largest absolute Gasteiger partial charge is 0.480 e. The molecule has 1 aromatic heterocycles. The third-order valence-electron chi connectivity index (χ3n) is 2.43. The predicted molar refractivity (Wildman–Crippen MR) is 64.2 cm³/mol. The third kappa shape index (κ3) is 2.37. The van der Waals surface area contributed by atoms with Gasteiger partial charge in [0.25, 0.3) is 5.91 Å². The van der Waals surface area contributed by atoms with Crippen LogP contribution in [-0.2, 0) is 4.79 Å². The zero-order valence-corrected chi connectivity index (χ0v) is 10.2. The highest BCUT2D eigenvalue weighted by atomic mass is 35.5. The van der Waals surface area contributed by atoms with E-state index in [2.05, 4.69) is 4.98 Å². The van der Waals surface area contributed by atoms with Crippen LogP contribution in [0.1, 0.15) is 10.4 Å². The molecule has 0 aromatic carbocycles. The van der Waals surface area contributed by atoms with Crippen LogP contribution in [0.4, 0.5) is 0 Å². The first-order valence-corrected chi connectivity index (χ1v) is 6.35. The number of pyridine rings is 1. The van der Waals surface area contributed by atoms with Crippen LogP contribution in [0.15, 0.2) is 18.5 Å². The molecule has 1 aliphatic rings. The topological polar surface area (TPSA) is 70.5 Å². The molecule has 0 saturated carbocycles. The number of carbonyl (C=O) groups is 2. The van der Waals surface area contributed by atoms with Gasteiger partial charge in [-0.2, -0.15) is 0 Å². The highest BCUT2D eigenvalue weighted by Crippen LogP contribution is 2.25. The third-order valence-corrected chi connectivity index (χ3v) is 3.74. The summed E-state index contributed by atoms with van der Waals surface area (Å²) >= 11 is 7.27. The van der Waals surface area contributed by atoms with Gasteiger partial charge in [-0.15, -0.1) is 11.8 Å². The van der Waals surface area contributed by atoms with Gasteiger partial charge in [-0.05, 0) is 6.07 Å². The molecule has 90 valence electrons. The molecule has 1 fully saturated rings. The van der Waals surface area contributed by atoms with E-state index in [9.17, 15) is 9.59 Å². The van der Waals surface area contributed by atoms with E-state index in [4.69, 9.17) is 16.7 Å². The van der Waals surface area contributed by atoms with Gasteiger partial charge in [0, 0.05) is 18.1 Å². The minimum Gasteiger partial charge on any atom is -0.480 e. The number of aliphatic carboxylic acids is 1. The normalized spacial score (nSPS) is 19.4. The Hall–Kier alpha value is -1.27. The maximum atomic E-state index is 12.1.